The van der Waals surface area contributed by atoms with E-state index in [1.54, 1.807) is 10.9 Å². The van der Waals surface area contributed by atoms with E-state index >= 15 is 0 Å². The third-order valence-electron chi connectivity index (χ3n) is 4.26. The first-order chi connectivity index (χ1) is 11.8. The number of benzene rings is 1. The van der Waals surface area contributed by atoms with Crippen LogP contribution in [0.5, 0.6) is 0 Å². The highest BCUT2D eigenvalue weighted by Gasteiger charge is 2.19. The van der Waals surface area contributed by atoms with E-state index in [2.05, 4.69) is 10.00 Å². The van der Waals surface area contributed by atoms with Crippen molar-refractivity contribution in [3.05, 3.63) is 36.0 Å². The highest BCUT2D eigenvalue weighted by atomic mass is 16.5. The maximum Gasteiger partial charge on any atom is 0.228 e. The summed E-state index contributed by atoms with van der Waals surface area (Å²) in [6.45, 7) is 2.93. The van der Waals surface area contributed by atoms with E-state index in [9.17, 15) is 5.11 Å². The van der Waals surface area contributed by atoms with Gasteiger partial charge < -0.3 is 14.7 Å². The average Bonchev–Trinajstić information content (AvgIpc) is 3.03. The van der Waals surface area contributed by atoms with Crippen LogP contribution in [0.15, 0.2) is 30.5 Å². The number of hydrogen-bond donors (Lipinski definition) is 1. The smallest absolute Gasteiger partial charge is 0.228 e. The van der Waals surface area contributed by atoms with E-state index < -0.39 is 0 Å². The molecule has 0 radical (unpaired) electrons. The number of morpholine rings is 1. The molecule has 0 spiro atoms. The zero-order valence-electron chi connectivity index (χ0n) is 13.5. The monoisotopic (exact) mass is 325 g/mol. The topological polar surface area (TPSA) is 76.3 Å². The molecule has 7 heteroatoms. The van der Waals surface area contributed by atoms with Crippen molar-refractivity contribution >= 4 is 17.0 Å². The van der Waals surface area contributed by atoms with Gasteiger partial charge in [-0.2, -0.15) is 10.1 Å². The molecule has 7 nitrogen and oxygen atoms in total. The van der Waals surface area contributed by atoms with Gasteiger partial charge in [-0.15, -0.1) is 0 Å². The van der Waals surface area contributed by atoms with Crippen molar-refractivity contribution in [1.29, 1.82) is 0 Å². The molecule has 1 fully saturated rings. The van der Waals surface area contributed by atoms with E-state index in [-0.39, 0.29) is 6.61 Å². The van der Waals surface area contributed by atoms with Crippen molar-refractivity contribution in [3.8, 4) is 11.3 Å². The summed E-state index contributed by atoms with van der Waals surface area (Å²) >= 11 is 0. The zero-order chi connectivity index (χ0) is 16.5. The summed E-state index contributed by atoms with van der Waals surface area (Å²) in [6, 6.07) is 7.78. The normalized spacial score (nSPS) is 15.2. The van der Waals surface area contributed by atoms with Crippen molar-refractivity contribution in [2.24, 2.45) is 7.05 Å². The van der Waals surface area contributed by atoms with Crippen molar-refractivity contribution in [1.82, 2.24) is 19.7 Å². The lowest BCUT2D eigenvalue weighted by molar-refractivity contribution is 0.122. The molecule has 0 unspecified atom stereocenters. The number of aliphatic hydroxyl groups excluding tert-OH is 1. The van der Waals surface area contributed by atoms with Crippen molar-refractivity contribution < 1.29 is 9.84 Å². The minimum absolute atomic E-state index is 0.00538. The van der Waals surface area contributed by atoms with Gasteiger partial charge in [-0.25, -0.2) is 4.98 Å². The predicted molar refractivity (Wildman–Crippen MR) is 90.7 cm³/mol. The Morgan fingerprint density at radius 1 is 1.21 bits per heavy atom. The van der Waals surface area contributed by atoms with Crippen LogP contribution in [0.3, 0.4) is 0 Å². The van der Waals surface area contributed by atoms with E-state index in [0.717, 1.165) is 40.9 Å². The van der Waals surface area contributed by atoms with Crippen LogP contribution in [-0.2, 0) is 18.4 Å². The number of hydrogen-bond acceptors (Lipinski definition) is 6. The van der Waals surface area contributed by atoms with Gasteiger partial charge in [0.2, 0.25) is 5.95 Å². The first kappa shape index (κ1) is 15.0. The second-order valence-corrected chi connectivity index (χ2v) is 5.84. The lowest BCUT2D eigenvalue weighted by atomic mass is 10.1. The summed E-state index contributed by atoms with van der Waals surface area (Å²) in [4.78, 5) is 11.6. The molecule has 1 aliphatic heterocycles. The first-order valence-corrected chi connectivity index (χ1v) is 7.99. The van der Waals surface area contributed by atoms with Crippen molar-refractivity contribution in [2.45, 2.75) is 6.61 Å². The second kappa shape index (κ2) is 6.18. The molecule has 3 aromatic rings. The molecular weight excluding hydrogens is 306 g/mol. The maximum absolute atomic E-state index is 9.41. The fourth-order valence-electron chi connectivity index (χ4n) is 2.95. The molecule has 0 aliphatic carbocycles. The molecule has 124 valence electrons. The van der Waals surface area contributed by atoms with Crippen LogP contribution < -0.4 is 4.90 Å². The van der Waals surface area contributed by atoms with Gasteiger partial charge in [-0.1, -0.05) is 18.2 Å². The summed E-state index contributed by atoms with van der Waals surface area (Å²) in [5, 5.41) is 14.7. The second-order valence-electron chi connectivity index (χ2n) is 5.84. The first-order valence-electron chi connectivity index (χ1n) is 7.99. The highest BCUT2D eigenvalue weighted by molar-refractivity contribution is 5.91. The Morgan fingerprint density at radius 2 is 2.04 bits per heavy atom. The van der Waals surface area contributed by atoms with Gasteiger partial charge in [0.15, 0.2) is 5.65 Å². The Morgan fingerprint density at radius 3 is 2.83 bits per heavy atom. The molecule has 0 amide bonds. The van der Waals surface area contributed by atoms with Gasteiger partial charge in [-0.3, -0.25) is 4.68 Å². The summed E-state index contributed by atoms with van der Waals surface area (Å²) in [5.74, 6) is 0.693. The third-order valence-corrected chi connectivity index (χ3v) is 4.26. The Kier molecular flexibility index (Phi) is 3.87. The molecule has 3 heterocycles. The van der Waals surface area contributed by atoms with Crippen LogP contribution in [0.2, 0.25) is 0 Å². The number of fused-ring (bicyclic) bond motifs is 1. The molecule has 1 N–H and O–H groups in total. The Hall–Kier alpha value is -2.51. The largest absolute Gasteiger partial charge is 0.392 e. The van der Waals surface area contributed by atoms with Crippen LogP contribution in [0, 0.1) is 0 Å². The Balaban J connectivity index is 1.89. The minimum Gasteiger partial charge on any atom is -0.392 e. The van der Waals surface area contributed by atoms with Gasteiger partial charge in [0, 0.05) is 25.7 Å². The average molecular weight is 325 g/mol. The molecule has 2 aromatic heterocycles. The molecule has 1 aromatic carbocycles. The third kappa shape index (κ3) is 2.61. The number of rotatable bonds is 3. The standard InChI is InChI=1S/C17H19N5O2/c1-21-16-14(10-18-21)15(13-4-2-3-12(9-13)11-23)19-17(20-16)22-5-7-24-8-6-22/h2-4,9-10,23H,5-8,11H2,1H3. The lowest BCUT2D eigenvalue weighted by Gasteiger charge is -2.27. The van der Waals surface area contributed by atoms with Gasteiger partial charge in [-0.05, 0) is 11.6 Å². The van der Waals surface area contributed by atoms with Crippen LogP contribution >= 0.6 is 0 Å². The fraction of sp³-hybridized carbons (Fsp3) is 0.353. The van der Waals surface area contributed by atoms with Crippen molar-refractivity contribution in [2.75, 3.05) is 31.2 Å². The lowest BCUT2D eigenvalue weighted by Crippen LogP contribution is -2.37. The minimum atomic E-state index is 0.00538. The quantitative estimate of drug-likeness (QED) is 0.783. The maximum atomic E-state index is 9.41. The molecule has 1 aliphatic rings. The van der Waals surface area contributed by atoms with E-state index in [0.29, 0.717) is 19.2 Å². The molecule has 4 rings (SSSR count). The molecule has 0 bridgehead atoms. The summed E-state index contributed by atoms with van der Waals surface area (Å²) < 4.78 is 7.18. The van der Waals surface area contributed by atoms with Gasteiger partial charge in [0.25, 0.3) is 0 Å². The number of aromatic nitrogens is 4. The van der Waals surface area contributed by atoms with Crippen LogP contribution in [-0.4, -0.2) is 51.2 Å². The Bertz CT molecular complexity index is 871. The number of nitrogens with zero attached hydrogens (tertiary/aromatic N) is 5. The van der Waals surface area contributed by atoms with Crippen molar-refractivity contribution in [3.63, 3.8) is 0 Å². The van der Waals surface area contributed by atoms with Crippen LogP contribution in [0.1, 0.15) is 5.56 Å². The molecular formula is C17H19N5O2. The summed E-state index contributed by atoms with van der Waals surface area (Å²) in [6.07, 6.45) is 1.79. The number of ether oxygens (including phenoxy) is 1. The van der Waals surface area contributed by atoms with Gasteiger partial charge >= 0.3 is 0 Å². The molecule has 0 saturated carbocycles. The molecule has 24 heavy (non-hydrogen) atoms. The predicted octanol–water partition coefficient (Wildman–Crippen LogP) is 1.36. The van der Waals surface area contributed by atoms with E-state index in [1.807, 2.05) is 31.3 Å². The summed E-state index contributed by atoms with van der Waals surface area (Å²) in [7, 11) is 1.88. The molecule has 1 saturated heterocycles. The molecule has 0 atom stereocenters. The summed E-state index contributed by atoms with van der Waals surface area (Å²) in [5.41, 5.74) is 3.45. The Labute approximate surface area is 139 Å². The van der Waals surface area contributed by atoms with Crippen LogP contribution in [0.4, 0.5) is 5.95 Å². The van der Waals surface area contributed by atoms with Crippen LogP contribution in [0.25, 0.3) is 22.3 Å². The SMILES string of the molecule is Cn1ncc2c(-c3cccc(CO)c3)nc(N3CCOCC3)nc21. The highest BCUT2D eigenvalue weighted by Crippen LogP contribution is 2.28. The fourth-order valence-corrected chi connectivity index (χ4v) is 2.95. The zero-order valence-corrected chi connectivity index (χ0v) is 13.5. The number of anilines is 1. The van der Waals surface area contributed by atoms with Gasteiger partial charge in [0.05, 0.1) is 37.1 Å². The number of aryl methyl sites for hydroxylation is 1. The van der Waals surface area contributed by atoms with Gasteiger partial charge in [0.1, 0.15) is 0 Å². The van der Waals surface area contributed by atoms with E-state index in [4.69, 9.17) is 14.7 Å². The van der Waals surface area contributed by atoms with E-state index in [1.165, 1.54) is 0 Å². The number of aliphatic hydroxyl groups is 1.